The van der Waals surface area contributed by atoms with Gasteiger partial charge in [-0.25, -0.2) is 0 Å². The molecule has 0 spiro atoms. The van der Waals surface area contributed by atoms with Crippen LogP contribution in [0.2, 0.25) is 0 Å². The average Bonchev–Trinajstić information content (AvgIpc) is 3.27. The molecular formula is C26H34O10. The highest BCUT2D eigenvalue weighted by molar-refractivity contribution is 5.56. The molecule has 2 aromatic rings. The summed E-state index contributed by atoms with van der Waals surface area (Å²) in [6, 6.07) is 8.98. The minimum atomic E-state index is -1.46. The number of rotatable bonds is 9. The minimum absolute atomic E-state index is 0.0809. The maximum Gasteiger partial charge on any atom is 0.229 e. The van der Waals surface area contributed by atoms with E-state index in [9.17, 15) is 25.5 Å². The smallest absolute Gasteiger partial charge is 0.229 e. The van der Waals surface area contributed by atoms with Crippen LogP contribution in [-0.4, -0.2) is 83.7 Å². The Kier molecular flexibility index (Phi) is 8.23. The molecule has 0 aromatic heterocycles. The van der Waals surface area contributed by atoms with E-state index in [0.717, 1.165) is 16.7 Å². The summed E-state index contributed by atoms with van der Waals surface area (Å²) in [7, 11) is 3.03. The lowest BCUT2D eigenvalue weighted by Crippen LogP contribution is -2.58. The Labute approximate surface area is 209 Å². The molecule has 0 saturated carbocycles. The van der Waals surface area contributed by atoms with Crippen molar-refractivity contribution in [2.24, 2.45) is 0 Å². The number of aryl methyl sites for hydroxylation is 1. The molecule has 36 heavy (non-hydrogen) atoms. The summed E-state index contributed by atoms with van der Waals surface area (Å²) < 4.78 is 28.7. The van der Waals surface area contributed by atoms with Crippen molar-refractivity contribution in [2.75, 3.05) is 27.4 Å². The molecule has 2 aromatic carbocycles. The third-order valence-corrected chi connectivity index (χ3v) is 6.76. The van der Waals surface area contributed by atoms with E-state index in [2.05, 4.69) is 0 Å². The SMILES string of the molecule is COc1cc([C@@H]2Oc3c(OC)cc(CCCO)cc3[C@@H]2CO)ccc1O[C@H]1O[C@H](C)[C@@H](O)[C@H](O)[C@@H]1O. The van der Waals surface area contributed by atoms with Gasteiger partial charge in [-0.05, 0) is 49.1 Å². The zero-order valence-corrected chi connectivity index (χ0v) is 20.5. The summed E-state index contributed by atoms with van der Waals surface area (Å²) in [4.78, 5) is 0. The number of hydrogen-bond donors (Lipinski definition) is 5. The summed E-state index contributed by atoms with van der Waals surface area (Å²) in [5, 5.41) is 49.8. The molecule has 4 rings (SSSR count). The number of hydrogen-bond acceptors (Lipinski definition) is 10. The molecular weight excluding hydrogens is 472 g/mol. The Morgan fingerprint density at radius 1 is 0.889 bits per heavy atom. The van der Waals surface area contributed by atoms with Gasteiger partial charge in [0.05, 0.1) is 32.8 Å². The average molecular weight is 507 g/mol. The highest BCUT2D eigenvalue weighted by atomic mass is 16.7. The number of aliphatic hydroxyl groups is 5. The van der Waals surface area contributed by atoms with Crippen LogP contribution in [0.4, 0.5) is 0 Å². The van der Waals surface area contributed by atoms with Gasteiger partial charge in [0.1, 0.15) is 24.4 Å². The Hall–Kier alpha value is -2.60. The fourth-order valence-corrected chi connectivity index (χ4v) is 4.72. The summed E-state index contributed by atoms with van der Waals surface area (Å²) in [5.41, 5.74) is 2.54. The lowest BCUT2D eigenvalue weighted by Gasteiger charge is -2.39. The van der Waals surface area contributed by atoms with Gasteiger partial charge < -0.3 is 49.2 Å². The Bertz CT molecular complexity index is 1040. The van der Waals surface area contributed by atoms with Crippen LogP contribution >= 0.6 is 0 Å². The molecule has 2 aliphatic heterocycles. The van der Waals surface area contributed by atoms with E-state index in [-0.39, 0.29) is 24.9 Å². The lowest BCUT2D eigenvalue weighted by atomic mass is 9.90. The molecule has 2 heterocycles. The first-order valence-corrected chi connectivity index (χ1v) is 12.0. The lowest BCUT2D eigenvalue weighted by molar-refractivity contribution is -0.268. The van der Waals surface area contributed by atoms with Crippen molar-refractivity contribution in [1.29, 1.82) is 0 Å². The van der Waals surface area contributed by atoms with Crippen LogP contribution in [0.3, 0.4) is 0 Å². The van der Waals surface area contributed by atoms with Crippen LogP contribution in [0.1, 0.15) is 42.1 Å². The fraction of sp³-hybridized carbons (Fsp3) is 0.538. The van der Waals surface area contributed by atoms with Crippen molar-refractivity contribution in [1.82, 2.24) is 0 Å². The quantitative estimate of drug-likeness (QED) is 0.334. The van der Waals surface area contributed by atoms with Crippen molar-refractivity contribution < 1.29 is 49.2 Å². The van der Waals surface area contributed by atoms with Crippen LogP contribution in [0.15, 0.2) is 30.3 Å². The Morgan fingerprint density at radius 2 is 1.64 bits per heavy atom. The van der Waals surface area contributed by atoms with Crippen LogP contribution in [-0.2, 0) is 11.2 Å². The van der Waals surface area contributed by atoms with E-state index in [0.29, 0.717) is 30.1 Å². The van der Waals surface area contributed by atoms with E-state index >= 15 is 0 Å². The summed E-state index contributed by atoms with van der Waals surface area (Å²) >= 11 is 0. The number of benzene rings is 2. The van der Waals surface area contributed by atoms with Crippen molar-refractivity contribution in [2.45, 2.75) is 62.5 Å². The van der Waals surface area contributed by atoms with Crippen molar-refractivity contribution in [3.05, 3.63) is 47.0 Å². The number of aliphatic hydroxyl groups excluding tert-OH is 5. The van der Waals surface area contributed by atoms with Gasteiger partial charge in [0.15, 0.2) is 23.0 Å². The third kappa shape index (κ3) is 4.97. The van der Waals surface area contributed by atoms with Crippen molar-refractivity contribution in [3.63, 3.8) is 0 Å². The van der Waals surface area contributed by atoms with E-state index in [4.69, 9.17) is 23.7 Å². The fourth-order valence-electron chi connectivity index (χ4n) is 4.72. The van der Waals surface area contributed by atoms with Gasteiger partial charge in [0.25, 0.3) is 0 Å². The van der Waals surface area contributed by atoms with E-state index in [1.54, 1.807) is 32.2 Å². The molecule has 2 aliphatic rings. The molecule has 0 radical (unpaired) electrons. The summed E-state index contributed by atoms with van der Waals surface area (Å²) in [5.74, 6) is 1.37. The molecule has 0 bridgehead atoms. The Balaban J connectivity index is 1.60. The van der Waals surface area contributed by atoms with Crippen LogP contribution < -0.4 is 18.9 Å². The van der Waals surface area contributed by atoms with Gasteiger partial charge >= 0.3 is 0 Å². The topological polar surface area (TPSA) is 147 Å². The zero-order chi connectivity index (χ0) is 26.0. The second-order valence-electron chi connectivity index (χ2n) is 9.08. The molecule has 10 heteroatoms. The minimum Gasteiger partial charge on any atom is -0.493 e. The van der Waals surface area contributed by atoms with Crippen molar-refractivity contribution in [3.8, 4) is 23.0 Å². The van der Waals surface area contributed by atoms with Crippen molar-refractivity contribution >= 4 is 0 Å². The van der Waals surface area contributed by atoms with Gasteiger partial charge in [-0.15, -0.1) is 0 Å². The van der Waals surface area contributed by atoms with E-state index < -0.39 is 36.8 Å². The highest BCUT2D eigenvalue weighted by Crippen LogP contribution is 2.51. The molecule has 1 fully saturated rings. The third-order valence-electron chi connectivity index (χ3n) is 6.76. The van der Waals surface area contributed by atoms with Crippen LogP contribution in [0, 0.1) is 0 Å². The number of fused-ring (bicyclic) bond motifs is 1. The number of ether oxygens (including phenoxy) is 5. The first-order valence-electron chi connectivity index (χ1n) is 12.0. The predicted octanol–water partition coefficient (Wildman–Crippen LogP) is 1.04. The maximum atomic E-state index is 10.3. The first-order chi connectivity index (χ1) is 17.3. The van der Waals surface area contributed by atoms with Crippen LogP contribution in [0.5, 0.6) is 23.0 Å². The van der Waals surface area contributed by atoms with E-state index in [1.807, 2.05) is 12.1 Å². The van der Waals surface area contributed by atoms with Gasteiger partial charge in [-0.3, -0.25) is 0 Å². The molecule has 0 aliphatic carbocycles. The van der Waals surface area contributed by atoms with E-state index in [1.165, 1.54) is 7.11 Å². The van der Waals surface area contributed by atoms with Gasteiger partial charge in [-0.2, -0.15) is 0 Å². The molecule has 0 unspecified atom stereocenters. The predicted molar refractivity (Wildman–Crippen MR) is 128 cm³/mol. The highest BCUT2D eigenvalue weighted by Gasteiger charge is 2.43. The zero-order valence-electron chi connectivity index (χ0n) is 20.5. The normalized spacial score (nSPS) is 29.4. The molecule has 1 saturated heterocycles. The largest absolute Gasteiger partial charge is 0.493 e. The second-order valence-corrected chi connectivity index (χ2v) is 9.08. The standard InChI is InChI=1S/C26H34O10/c1-13-21(29)22(30)23(31)26(34-13)35-18-7-6-15(11-19(18)32-2)24-17(12-28)16-9-14(5-4-8-27)10-20(33-3)25(16)36-24/h6-7,9-11,13,17,21-24,26-31H,4-5,8,12H2,1-3H3/t13-,17+,21-,22+,23+,24+,26-/m1/s1. The molecule has 0 amide bonds. The van der Waals surface area contributed by atoms with Gasteiger partial charge in [0.2, 0.25) is 6.29 Å². The summed E-state index contributed by atoms with van der Waals surface area (Å²) in [6.07, 6.45) is -5.31. The molecule has 198 valence electrons. The number of methoxy groups -OCH3 is 2. The molecule has 7 atom stereocenters. The first kappa shape index (κ1) is 26.5. The van der Waals surface area contributed by atoms with Gasteiger partial charge in [-0.1, -0.05) is 12.1 Å². The molecule has 5 N–H and O–H groups in total. The Morgan fingerprint density at radius 3 is 2.31 bits per heavy atom. The van der Waals surface area contributed by atoms with Gasteiger partial charge in [0, 0.05) is 12.2 Å². The van der Waals surface area contributed by atoms with Crippen LogP contribution in [0.25, 0.3) is 0 Å². The molecule has 10 nitrogen and oxygen atoms in total. The summed E-state index contributed by atoms with van der Waals surface area (Å²) in [6.45, 7) is 1.49. The monoisotopic (exact) mass is 506 g/mol. The second kappa shape index (κ2) is 11.2. The maximum absolute atomic E-state index is 10.3.